The van der Waals surface area contributed by atoms with Crippen LogP contribution >= 0.6 is 0 Å². The van der Waals surface area contributed by atoms with Gasteiger partial charge in [0.15, 0.2) is 0 Å². The highest BCUT2D eigenvalue weighted by Gasteiger charge is 2.39. The molecule has 37 heavy (non-hydrogen) atoms. The molecule has 0 aliphatic carbocycles. The van der Waals surface area contributed by atoms with Crippen molar-refractivity contribution in [3.05, 3.63) is 96.2 Å². The van der Waals surface area contributed by atoms with E-state index in [9.17, 15) is 9.59 Å². The van der Waals surface area contributed by atoms with E-state index in [-0.39, 0.29) is 24.4 Å². The lowest BCUT2D eigenvalue weighted by Crippen LogP contribution is -2.48. The summed E-state index contributed by atoms with van der Waals surface area (Å²) in [4.78, 5) is 31.1. The van der Waals surface area contributed by atoms with Crippen molar-refractivity contribution in [1.82, 2.24) is 9.47 Å². The van der Waals surface area contributed by atoms with Crippen LogP contribution in [0.3, 0.4) is 0 Å². The molecule has 0 N–H and O–H groups in total. The fourth-order valence-corrected chi connectivity index (χ4v) is 4.82. The molecule has 0 bridgehead atoms. The molecule has 2 amide bonds. The molecule has 8 heteroatoms. The lowest BCUT2D eigenvalue weighted by Gasteiger charge is -2.38. The Morgan fingerprint density at radius 1 is 0.973 bits per heavy atom. The lowest BCUT2D eigenvalue weighted by atomic mass is 10.0. The number of hydrogen-bond acceptors (Lipinski definition) is 5. The first kappa shape index (κ1) is 24.2. The predicted octanol–water partition coefficient (Wildman–Crippen LogP) is 5.07. The largest absolute Gasteiger partial charge is 0.497 e. The Morgan fingerprint density at radius 3 is 2.43 bits per heavy atom. The van der Waals surface area contributed by atoms with Gasteiger partial charge in [0.1, 0.15) is 29.8 Å². The van der Waals surface area contributed by atoms with Crippen LogP contribution in [0.5, 0.6) is 11.5 Å². The van der Waals surface area contributed by atoms with Gasteiger partial charge in [-0.25, -0.2) is 0 Å². The molecule has 0 fully saturated rings. The summed E-state index contributed by atoms with van der Waals surface area (Å²) in [6, 6.07) is 19.7. The molecule has 5 rings (SSSR count). The van der Waals surface area contributed by atoms with E-state index in [0.717, 1.165) is 17.1 Å². The maximum absolute atomic E-state index is 14.1. The van der Waals surface area contributed by atoms with Crippen molar-refractivity contribution in [2.75, 3.05) is 25.7 Å². The number of benzene rings is 2. The SMILES string of the molecule is COc1ccc(C(=O)N(CC(=O)N2c3ccccc3-n3cccc3C2c2ccco2)C(C)C)c(OC)c1. The molecule has 0 saturated carbocycles. The normalized spacial score (nSPS) is 14.2. The van der Waals surface area contributed by atoms with Gasteiger partial charge < -0.3 is 23.4 Å². The van der Waals surface area contributed by atoms with Crippen molar-refractivity contribution < 1.29 is 23.5 Å². The fraction of sp³-hybridized carbons (Fsp3) is 0.241. The first-order valence-electron chi connectivity index (χ1n) is 12.1. The van der Waals surface area contributed by atoms with Gasteiger partial charge in [0, 0.05) is 18.3 Å². The fourth-order valence-electron chi connectivity index (χ4n) is 4.82. The van der Waals surface area contributed by atoms with Crippen LogP contribution in [0, 0.1) is 0 Å². The van der Waals surface area contributed by atoms with E-state index in [1.54, 1.807) is 41.4 Å². The van der Waals surface area contributed by atoms with Gasteiger partial charge in [-0.15, -0.1) is 0 Å². The van der Waals surface area contributed by atoms with E-state index in [1.165, 1.54) is 7.11 Å². The number of aromatic nitrogens is 1. The first-order chi connectivity index (χ1) is 17.9. The Labute approximate surface area is 215 Å². The number of rotatable bonds is 7. The smallest absolute Gasteiger partial charge is 0.258 e. The number of ether oxygens (including phenoxy) is 2. The number of para-hydroxylation sites is 2. The van der Waals surface area contributed by atoms with Gasteiger partial charge in [-0.2, -0.15) is 0 Å². The number of fused-ring (bicyclic) bond motifs is 3. The van der Waals surface area contributed by atoms with Crippen LogP contribution in [0.25, 0.3) is 5.69 Å². The van der Waals surface area contributed by atoms with E-state index in [0.29, 0.717) is 22.8 Å². The Hall–Kier alpha value is -4.46. The van der Waals surface area contributed by atoms with Gasteiger partial charge in [-0.3, -0.25) is 14.5 Å². The second kappa shape index (κ2) is 9.89. The van der Waals surface area contributed by atoms with Crippen molar-refractivity contribution in [3.8, 4) is 17.2 Å². The van der Waals surface area contributed by atoms with Gasteiger partial charge >= 0.3 is 0 Å². The van der Waals surface area contributed by atoms with Crippen LogP contribution < -0.4 is 14.4 Å². The summed E-state index contributed by atoms with van der Waals surface area (Å²) in [5, 5.41) is 0. The van der Waals surface area contributed by atoms with Crippen molar-refractivity contribution in [3.63, 3.8) is 0 Å². The topological polar surface area (TPSA) is 77.2 Å². The third-order valence-electron chi connectivity index (χ3n) is 6.63. The number of furan rings is 1. The molecule has 2 aromatic heterocycles. The molecule has 0 spiro atoms. The molecule has 2 aromatic carbocycles. The van der Waals surface area contributed by atoms with Gasteiger partial charge in [-0.05, 0) is 62.4 Å². The zero-order chi connectivity index (χ0) is 26.1. The number of carbonyl (C=O) groups is 2. The minimum absolute atomic E-state index is 0.127. The molecule has 190 valence electrons. The molecule has 0 saturated heterocycles. The number of hydrogen-bond donors (Lipinski definition) is 0. The van der Waals surface area contributed by atoms with Crippen LogP contribution in [-0.4, -0.2) is 48.1 Å². The standard InChI is InChI=1S/C29H29N3O5/c1-19(2)31(29(34)21-14-13-20(35-3)17-26(21)36-4)18-27(33)32-23-10-6-5-9-22(23)30-15-7-11-24(30)28(32)25-12-8-16-37-25/h5-17,19,28H,18H2,1-4H3. The second-order valence-corrected chi connectivity index (χ2v) is 9.07. The molecule has 4 aromatic rings. The molecule has 8 nitrogen and oxygen atoms in total. The second-order valence-electron chi connectivity index (χ2n) is 9.07. The Morgan fingerprint density at radius 2 is 1.76 bits per heavy atom. The Balaban J connectivity index is 1.54. The average molecular weight is 500 g/mol. The zero-order valence-electron chi connectivity index (χ0n) is 21.3. The molecular formula is C29H29N3O5. The highest BCUT2D eigenvalue weighted by Crippen LogP contribution is 2.42. The number of methoxy groups -OCH3 is 2. The number of nitrogens with zero attached hydrogens (tertiary/aromatic N) is 3. The third-order valence-corrected chi connectivity index (χ3v) is 6.63. The first-order valence-corrected chi connectivity index (χ1v) is 12.1. The lowest BCUT2D eigenvalue weighted by molar-refractivity contribution is -0.120. The van der Waals surface area contributed by atoms with Crippen LogP contribution in [0.4, 0.5) is 5.69 Å². The monoisotopic (exact) mass is 499 g/mol. The Kier molecular flexibility index (Phi) is 6.48. The molecule has 3 heterocycles. The molecule has 1 aliphatic rings. The van der Waals surface area contributed by atoms with E-state index >= 15 is 0 Å². The minimum atomic E-state index is -0.480. The highest BCUT2D eigenvalue weighted by atomic mass is 16.5. The van der Waals surface area contributed by atoms with Gasteiger partial charge in [0.2, 0.25) is 5.91 Å². The predicted molar refractivity (Wildman–Crippen MR) is 140 cm³/mol. The molecule has 1 atom stereocenters. The third kappa shape index (κ3) is 4.24. The summed E-state index contributed by atoms with van der Waals surface area (Å²) in [6.45, 7) is 3.65. The van der Waals surface area contributed by atoms with E-state index in [1.807, 2.05) is 68.6 Å². The van der Waals surface area contributed by atoms with Crippen LogP contribution in [-0.2, 0) is 4.79 Å². The molecule has 1 aliphatic heterocycles. The molecular weight excluding hydrogens is 470 g/mol. The minimum Gasteiger partial charge on any atom is -0.497 e. The summed E-state index contributed by atoms with van der Waals surface area (Å²) in [5.41, 5.74) is 2.90. The Bertz CT molecular complexity index is 1420. The molecule has 1 unspecified atom stereocenters. The molecule has 0 radical (unpaired) electrons. The average Bonchev–Trinajstić information content (AvgIpc) is 3.63. The summed E-state index contributed by atoms with van der Waals surface area (Å²) < 4.78 is 18.6. The van der Waals surface area contributed by atoms with E-state index in [2.05, 4.69) is 4.57 Å². The van der Waals surface area contributed by atoms with E-state index in [4.69, 9.17) is 13.9 Å². The van der Waals surface area contributed by atoms with E-state index < -0.39 is 6.04 Å². The number of anilines is 1. The summed E-state index contributed by atoms with van der Waals surface area (Å²) in [6.07, 6.45) is 3.58. The van der Waals surface area contributed by atoms with Gasteiger partial charge in [0.25, 0.3) is 5.91 Å². The van der Waals surface area contributed by atoms with Crippen LogP contribution in [0.2, 0.25) is 0 Å². The van der Waals surface area contributed by atoms with Gasteiger partial charge in [0.05, 0.1) is 43.1 Å². The van der Waals surface area contributed by atoms with Crippen LogP contribution in [0.15, 0.2) is 83.6 Å². The van der Waals surface area contributed by atoms with Crippen molar-refractivity contribution in [1.29, 1.82) is 0 Å². The maximum Gasteiger partial charge on any atom is 0.258 e. The number of amides is 2. The highest BCUT2D eigenvalue weighted by molar-refractivity contribution is 6.03. The summed E-state index contributed by atoms with van der Waals surface area (Å²) in [5.74, 6) is 1.08. The van der Waals surface area contributed by atoms with Crippen molar-refractivity contribution >= 4 is 17.5 Å². The summed E-state index contributed by atoms with van der Waals surface area (Å²) >= 11 is 0. The van der Waals surface area contributed by atoms with Crippen molar-refractivity contribution in [2.45, 2.75) is 25.9 Å². The number of carbonyl (C=O) groups excluding carboxylic acids is 2. The summed E-state index contributed by atoms with van der Waals surface area (Å²) in [7, 11) is 3.06. The van der Waals surface area contributed by atoms with Crippen LogP contribution in [0.1, 0.15) is 41.7 Å². The van der Waals surface area contributed by atoms with Gasteiger partial charge in [-0.1, -0.05) is 12.1 Å². The quantitative estimate of drug-likeness (QED) is 0.355. The maximum atomic E-state index is 14.1. The zero-order valence-corrected chi connectivity index (χ0v) is 21.3. The van der Waals surface area contributed by atoms with Crippen molar-refractivity contribution in [2.24, 2.45) is 0 Å².